The molecular weight excluding hydrogens is 236 g/mol. The number of nitrogens with one attached hydrogen (secondary N) is 1. The van der Waals surface area contributed by atoms with Crippen molar-refractivity contribution in [1.82, 2.24) is 0 Å². The van der Waals surface area contributed by atoms with E-state index in [1.54, 1.807) is 0 Å². The third-order valence-electron chi connectivity index (χ3n) is 2.81. The zero-order valence-electron chi connectivity index (χ0n) is 11.4. The first-order valence-corrected chi connectivity index (χ1v) is 6.55. The highest BCUT2D eigenvalue weighted by molar-refractivity contribution is 5.73. The first-order valence-electron chi connectivity index (χ1n) is 6.55. The van der Waals surface area contributed by atoms with Crippen LogP contribution in [0.15, 0.2) is 42.5 Å². The number of aryl methyl sites for hydroxylation is 1. The monoisotopic (exact) mass is 256 g/mol. The van der Waals surface area contributed by atoms with Gasteiger partial charge in [0, 0.05) is 5.69 Å². The highest BCUT2D eigenvalue weighted by Gasteiger charge is 2.00. The van der Waals surface area contributed by atoms with Crippen LogP contribution in [-0.2, 0) is 0 Å². The second-order valence-corrected chi connectivity index (χ2v) is 4.59. The van der Waals surface area contributed by atoms with E-state index in [4.69, 9.17) is 10.5 Å². The van der Waals surface area contributed by atoms with Crippen molar-refractivity contribution in [3.05, 3.63) is 48.0 Å². The summed E-state index contributed by atoms with van der Waals surface area (Å²) in [4.78, 5) is 0. The van der Waals surface area contributed by atoms with Crippen molar-refractivity contribution < 1.29 is 4.74 Å². The molecule has 3 N–H and O–H groups in total. The number of hydrogen-bond donors (Lipinski definition) is 2. The summed E-state index contributed by atoms with van der Waals surface area (Å²) in [5.41, 5.74) is 9.82. The number of ether oxygens (including phenoxy) is 1. The summed E-state index contributed by atoms with van der Waals surface area (Å²) in [6, 6.07) is 13.9. The fourth-order valence-electron chi connectivity index (χ4n) is 1.81. The minimum absolute atomic E-state index is 0.748. The van der Waals surface area contributed by atoms with Crippen molar-refractivity contribution >= 4 is 17.1 Å². The van der Waals surface area contributed by atoms with Gasteiger partial charge in [-0.15, -0.1) is 0 Å². The zero-order chi connectivity index (χ0) is 13.7. The van der Waals surface area contributed by atoms with Gasteiger partial charge in [-0.2, -0.15) is 0 Å². The lowest BCUT2D eigenvalue weighted by atomic mass is 10.2. The molecule has 0 aliphatic heterocycles. The molecule has 0 saturated heterocycles. The van der Waals surface area contributed by atoms with Crippen LogP contribution in [0.1, 0.15) is 18.9 Å². The van der Waals surface area contributed by atoms with Gasteiger partial charge in [-0.3, -0.25) is 0 Å². The van der Waals surface area contributed by atoms with Crippen LogP contribution in [-0.4, -0.2) is 6.61 Å². The largest absolute Gasteiger partial charge is 0.494 e. The van der Waals surface area contributed by atoms with E-state index in [0.717, 1.165) is 41.4 Å². The molecular formula is C16H20N2O. The Kier molecular flexibility index (Phi) is 4.29. The number of benzene rings is 2. The minimum Gasteiger partial charge on any atom is -0.494 e. The number of hydrogen-bond acceptors (Lipinski definition) is 3. The number of nitrogen functional groups attached to an aromatic ring is 1. The summed E-state index contributed by atoms with van der Waals surface area (Å²) in [5, 5.41) is 3.30. The van der Waals surface area contributed by atoms with E-state index in [9.17, 15) is 0 Å². The Labute approximate surface area is 114 Å². The van der Waals surface area contributed by atoms with Crippen LogP contribution in [0.4, 0.5) is 17.1 Å². The van der Waals surface area contributed by atoms with Gasteiger partial charge in [-0.25, -0.2) is 0 Å². The lowest BCUT2D eigenvalue weighted by Gasteiger charge is -2.11. The normalized spacial score (nSPS) is 10.2. The number of anilines is 3. The van der Waals surface area contributed by atoms with E-state index < -0.39 is 0 Å². The van der Waals surface area contributed by atoms with Gasteiger partial charge in [-0.05, 0) is 55.3 Å². The molecule has 0 bridgehead atoms. The van der Waals surface area contributed by atoms with Crippen molar-refractivity contribution in [2.45, 2.75) is 20.3 Å². The van der Waals surface area contributed by atoms with Crippen molar-refractivity contribution in [2.24, 2.45) is 0 Å². The molecule has 3 nitrogen and oxygen atoms in total. The minimum atomic E-state index is 0.748. The van der Waals surface area contributed by atoms with Crippen molar-refractivity contribution in [1.29, 1.82) is 0 Å². The third-order valence-corrected chi connectivity index (χ3v) is 2.81. The van der Waals surface area contributed by atoms with Crippen LogP contribution in [0.25, 0.3) is 0 Å². The highest BCUT2D eigenvalue weighted by atomic mass is 16.5. The van der Waals surface area contributed by atoms with Gasteiger partial charge in [0.2, 0.25) is 0 Å². The summed E-state index contributed by atoms with van der Waals surface area (Å²) in [5.74, 6) is 0.893. The van der Waals surface area contributed by atoms with Crippen LogP contribution < -0.4 is 15.8 Å². The van der Waals surface area contributed by atoms with E-state index in [1.165, 1.54) is 0 Å². The fraction of sp³-hybridized carbons (Fsp3) is 0.250. The molecule has 0 radical (unpaired) electrons. The topological polar surface area (TPSA) is 47.3 Å². The zero-order valence-corrected chi connectivity index (χ0v) is 11.4. The van der Waals surface area contributed by atoms with Crippen LogP contribution in [0.5, 0.6) is 5.75 Å². The van der Waals surface area contributed by atoms with Gasteiger partial charge in [0.1, 0.15) is 5.75 Å². The van der Waals surface area contributed by atoms with Gasteiger partial charge in [-0.1, -0.05) is 13.0 Å². The Morgan fingerprint density at radius 3 is 2.47 bits per heavy atom. The standard InChI is InChI=1S/C16H20N2O/c1-3-10-19-14-7-5-13(6-8-14)18-16-9-4-12(2)11-15(16)17/h4-9,11,18H,3,10,17H2,1-2H3. The van der Waals surface area contributed by atoms with Crippen LogP contribution in [0.2, 0.25) is 0 Å². The predicted molar refractivity (Wildman–Crippen MR) is 81.1 cm³/mol. The Balaban J connectivity index is 2.06. The van der Waals surface area contributed by atoms with Gasteiger partial charge in [0.25, 0.3) is 0 Å². The molecule has 0 aliphatic carbocycles. The fourth-order valence-corrected chi connectivity index (χ4v) is 1.81. The molecule has 0 fully saturated rings. The Hall–Kier alpha value is -2.16. The van der Waals surface area contributed by atoms with Gasteiger partial charge >= 0.3 is 0 Å². The molecule has 0 heterocycles. The van der Waals surface area contributed by atoms with E-state index in [0.29, 0.717) is 0 Å². The van der Waals surface area contributed by atoms with E-state index in [1.807, 2.05) is 49.4 Å². The third kappa shape index (κ3) is 3.65. The van der Waals surface area contributed by atoms with Crippen LogP contribution >= 0.6 is 0 Å². The lowest BCUT2D eigenvalue weighted by Crippen LogP contribution is -1.97. The smallest absolute Gasteiger partial charge is 0.119 e. The summed E-state index contributed by atoms with van der Waals surface area (Å²) in [6.45, 7) is 4.87. The van der Waals surface area contributed by atoms with Crippen LogP contribution in [0, 0.1) is 6.92 Å². The molecule has 19 heavy (non-hydrogen) atoms. The SMILES string of the molecule is CCCOc1ccc(Nc2ccc(C)cc2N)cc1. The lowest BCUT2D eigenvalue weighted by molar-refractivity contribution is 0.317. The van der Waals surface area contributed by atoms with Crippen molar-refractivity contribution in [3.8, 4) is 5.75 Å². The Morgan fingerprint density at radius 1 is 1.11 bits per heavy atom. The number of nitrogens with two attached hydrogens (primary N) is 1. The molecule has 3 heteroatoms. The highest BCUT2D eigenvalue weighted by Crippen LogP contribution is 2.25. The molecule has 0 aliphatic rings. The summed E-state index contributed by atoms with van der Waals surface area (Å²) < 4.78 is 5.55. The second-order valence-electron chi connectivity index (χ2n) is 4.59. The maximum absolute atomic E-state index is 5.98. The predicted octanol–water partition coefficient (Wildman–Crippen LogP) is 4.11. The quantitative estimate of drug-likeness (QED) is 0.791. The van der Waals surface area contributed by atoms with Crippen molar-refractivity contribution in [2.75, 3.05) is 17.7 Å². The molecule has 0 saturated carbocycles. The average Bonchev–Trinajstić information content (AvgIpc) is 2.41. The Bertz CT molecular complexity index is 535. The molecule has 0 aromatic heterocycles. The van der Waals surface area contributed by atoms with E-state index in [2.05, 4.69) is 12.2 Å². The Morgan fingerprint density at radius 2 is 1.84 bits per heavy atom. The molecule has 100 valence electrons. The maximum atomic E-state index is 5.98. The molecule has 2 rings (SSSR count). The summed E-state index contributed by atoms with van der Waals surface area (Å²) >= 11 is 0. The van der Waals surface area contributed by atoms with E-state index >= 15 is 0 Å². The molecule has 0 unspecified atom stereocenters. The molecule has 0 atom stereocenters. The first-order chi connectivity index (χ1) is 9.19. The second kappa shape index (κ2) is 6.14. The van der Waals surface area contributed by atoms with E-state index in [-0.39, 0.29) is 0 Å². The molecule has 2 aromatic rings. The number of rotatable bonds is 5. The van der Waals surface area contributed by atoms with Gasteiger partial charge in [0.05, 0.1) is 18.0 Å². The van der Waals surface area contributed by atoms with Gasteiger partial charge in [0.15, 0.2) is 0 Å². The molecule has 2 aromatic carbocycles. The van der Waals surface area contributed by atoms with Crippen molar-refractivity contribution in [3.63, 3.8) is 0 Å². The maximum Gasteiger partial charge on any atom is 0.119 e. The summed E-state index contributed by atoms with van der Waals surface area (Å²) in [7, 11) is 0. The molecule has 0 amide bonds. The average molecular weight is 256 g/mol. The summed E-state index contributed by atoms with van der Waals surface area (Å²) in [6.07, 6.45) is 1.01. The molecule has 0 spiro atoms. The first kappa shape index (κ1) is 13.3. The van der Waals surface area contributed by atoms with Gasteiger partial charge < -0.3 is 15.8 Å². The van der Waals surface area contributed by atoms with Crippen LogP contribution in [0.3, 0.4) is 0 Å².